The van der Waals surface area contributed by atoms with Gasteiger partial charge in [0, 0.05) is 131 Å². The molecule has 352 valence electrons. The first-order chi connectivity index (χ1) is 28.3. The van der Waals surface area contributed by atoms with E-state index in [4.69, 9.17) is 18.6 Å². The fraction of sp³-hybridized carbons (Fsp3) is 0.952. The number of nitrogens with zero attached hydrogens (tertiary/aromatic N) is 14. The molecule has 59 heavy (non-hydrogen) atoms. The van der Waals surface area contributed by atoms with E-state index >= 15 is 0 Å². The van der Waals surface area contributed by atoms with Crippen LogP contribution in [-0.4, -0.2) is 190 Å². The lowest BCUT2D eigenvalue weighted by Crippen LogP contribution is -2.45. The summed E-state index contributed by atoms with van der Waals surface area (Å²) in [4.78, 5) is 9.76. The summed E-state index contributed by atoms with van der Waals surface area (Å²) in [5.41, 5.74) is 0. The predicted octanol–water partition coefficient (Wildman–Crippen LogP) is 10.7. The van der Waals surface area contributed by atoms with Crippen molar-refractivity contribution >= 4 is 34.8 Å². The molecular weight excluding hydrogens is 793 g/mol. The molecule has 0 amide bonds. The van der Waals surface area contributed by atoms with Crippen LogP contribution in [0.5, 0.6) is 0 Å². The van der Waals surface area contributed by atoms with Gasteiger partial charge in [-0.15, -0.1) is 0 Å². The summed E-state index contributed by atoms with van der Waals surface area (Å²) in [5, 5.41) is 0. The molecule has 0 atom stereocenters. The van der Waals surface area contributed by atoms with E-state index < -0.39 is 22.9 Å². The second-order valence-corrected chi connectivity index (χ2v) is 22.6. The van der Waals surface area contributed by atoms with Crippen molar-refractivity contribution in [3.05, 3.63) is 0 Å². The van der Waals surface area contributed by atoms with Gasteiger partial charge in [0.2, 0.25) is 26.9 Å². The van der Waals surface area contributed by atoms with Crippen molar-refractivity contribution in [2.75, 3.05) is 131 Å². The molecule has 0 aromatic heterocycles. The predicted molar refractivity (Wildman–Crippen MR) is 270 cm³/mol. The Balaban J connectivity index is 11.1. The average Bonchev–Trinajstić information content (AvgIpc) is 3.24. The highest BCUT2D eigenvalue weighted by Crippen LogP contribution is 2.81. The Hall–Kier alpha value is -0.810. The molecule has 0 aromatic rings. The summed E-state index contributed by atoms with van der Waals surface area (Å²) in [7, 11) is -8.99. The van der Waals surface area contributed by atoms with Gasteiger partial charge < -0.3 is 19.6 Å². The van der Waals surface area contributed by atoms with E-state index in [0.717, 1.165) is 143 Å². The smallest absolute Gasteiger partial charge is 0.340 e. The van der Waals surface area contributed by atoms with Crippen LogP contribution in [0.2, 0.25) is 0 Å². The zero-order valence-electron chi connectivity index (χ0n) is 42.7. The molecule has 17 heteroatoms. The third kappa shape index (κ3) is 13.6. The van der Waals surface area contributed by atoms with Crippen LogP contribution in [-0.2, 0) is 0 Å². The molecular formula is C42H100N14P3+. The van der Waals surface area contributed by atoms with E-state index in [1.807, 2.05) is 0 Å². The molecule has 0 unspecified atom stereocenters. The molecule has 0 fully saturated rings. The van der Waals surface area contributed by atoms with E-state index in [2.05, 4.69) is 186 Å². The van der Waals surface area contributed by atoms with E-state index in [1.54, 1.807) is 0 Å². The minimum absolute atomic E-state index is 0.833. The van der Waals surface area contributed by atoms with Crippen molar-refractivity contribution < 1.29 is 0 Å². The first-order valence-corrected chi connectivity index (χ1v) is 29.0. The molecule has 0 aliphatic rings. The van der Waals surface area contributed by atoms with Crippen LogP contribution in [0.4, 0.5) is 0 Å². The second-order valence-electron chi connectivity index (χ2n) is 14.1. The fourth-order valence-electron chi connectivity index (χ4n) is 8.39. The quantitative estimate of drug-likeness (QED) is 0.0395. The lowest BCUT2D eigenvalue weighted by Gasteiger charge is -2.48. The molecule has 0 aliphatic carbocycles. The Morgan fingerprint density at radius 2 is 0.424 bits per heavy atom. The number of rotatable bonds is 30. The van der Waals surface area contributed by atoms with Crippen LogP contribution in [0.1, 0.15) is 138 Å². The van der Waals surface area contributed by atoms with Gasteiger partial charge in [-0.05, 0) is 73.9 Å². The lowest BCUT2D eigenvalue weighted by atomic mass is 10.4. The molecule has 0 spiro atoms. The van der Waals surface area contributed by atoms with Crippen molar-refractivity contribution in [3.63, 3.8) is 0 Å². The van der Waals surface area contributed by atoms with E-state index in [9.17, 15) is 0 Å². The largest absolute Gasteiger partial charge is 0.505 e. The molecule has 0 heterocycles. The van der Waals surface area contributed by atoms with E-state index in [1.165, 1.54) is 0 Å². The first-order valence-electron chi connectivity index (χ1n) is 24.2. The highest BCUT2D eigenvalue weighted by Gasteiger charge is 2.56. The van der Waals surface area contributed by atoms with Crippen LogP contribution in [0.25, 0.3) is 0 Å². The van der Waals surface area contributed by atoms with Crippen LogP contribution < -0.4 is 0 Å². The molecule has 0 aromatic carbocycles. The van der Waals surface area contributed by atoms with E-state index in [-0.39, 0.29) is 0 Å². The van der Waals surface area contributed by atoms with Gasteiger partial charge in [-0.2, -0.15) is 0 Å². The molecule has 0 bridgehead atoms. The minimum atomic E-state index is -3.55. The SMILES string of the molecule is CCN(CC)C(=N[P+](N=C(N(CC)CC)N(CC)CC)(N=P(N(CC)CC)(N(CC)CC)N(CC)CC)N=P(N(CC)CC)(N(CC)CC)N(CC)CC)N(CC)CC. The highest BCUT2D eigenvalue weighted by molar-refractivity contribution is 7.82. The van der Waals surface area contributed by atoms with Crippen LogP contribution in [0, 0.1) is 0 Å². The third-order valence-electron chi connectivity index (χ3n) is 11.8. The highest BCUT2D eigenvalue weighted by atomic mass is 31.3. The molecule has 0 rings (SSSR count). The van der Waals surface area contributed by atoms with Crippen LogP contribution in [0.3, 0.4) is 0 Å². The molecule has 0 N–H and O–H groups in total. The van der Waals surface area contributed by atoms with Gasteiger partial charge in [-0.3, -0.25) is 0 Å². The monoisotopic (exact) mass is 894 g/mol. The van der Waals surface area contributed by atoms with Crippen molar-refractivity contribution in [2.24, 2.45) is 18.6 Å². The lowest BCUT2D eigenvalue weighted by molar-refractivity contribution is 0.339. The number of hydrogen-bond donors (Lipinski definition) is 0. The third-order valence-corrected chi connectivity index (χ3v) is 24.5. The van der Waals surface area contributed by atoms with Gasteiger partial charge in [0.25, 0.3) is 0 Å². The summed E-state index contributed by atoms with van der Waals surface area (Å²) < 4.78 is 42.1. The average molecular weight is 894 g/mol. The first kappa shape index (κ1) is 58.2. The summed E-state index contributed by atoms with van der Waals surface area (Å²) in [5.74, 6) is 1.94. The standard InChI is InChI=1S/C42H100N14P3/c1-21-47(22-2)41(48(23-3)24-4)43-57(44-42(49(25-5)26-6)50(27-7)28-8,45-58(51(29-9)30-10,52(31-11)32-12)53(33-13)34-14)46-59(54(35-15)36-16,55(37-17)38-18)56(39-19)40-20/h21-40H2,1-20H3/q+1. The zero-order valence-corrected chi connectivity index (χ0v) is 45.4. The van der Waals surface area contributed by atoms with Gasteiger partial charge in [0.1, 0.15) is 0 Å². The minimum Gasteiger partial charge on any atom is -0.340 e. The zero-order chi connectivity index (χ0) is 45.4. The molecule has 0 aliphatic heterocycles. The van der Waals surface area contributed by atoms with E-state index in [0.29, 0.717) is 0 Å². The summed E-state index contributed by atoms with van der Waals surface area (Å²) in [6, 6.07) is 0. The Bertz CT molecular complexity index is 1060. The Morgan fingerprint density at radius 1 is 0.271 bits per heavy atom. The van der Waals surface area contributed by atoms with Gasteiger partial charge in [0.05, 0.1) is 0 Å². The van der Waals surface area contributed by atoms with Gasteiger partial charge in [-0.25, -0.2) is 28.0 Å². The maximum Gasteiger partial charge on any atom is 0.505 e. The van der Waals surface area contributed by atoms with Gasteiger partial charge >= 0.3 is 7.87 Å². The normalized spacial score (nSPS) is 12.6. The van der Waals surface area contributed by atoms with Crippen molar-refractivity contribution in [1.29, 1.82) is 0 Å². The number of hydrogen-bond acceptors (Lipinski definition) is 4. The Labute approximate surface area is 369 Å². The molecule has 0 radical (unpaired) electrons. The summed E-state index contributed by atoms with van der Waals surface area (Å²) >= 11 is 0. The molecule has 14 nitrogen and oxygen atoms in total. The summed E-state index contributed by atoms with van der Waals surface area (Å²) in [6.07, 6.45) is 0. The Kier molecular flexibility index (Phi) is 29.9. The Morgan fingerprint density at radius 3 is 0.542 bits per heavy atom. The second kappa shape index (κ2) is 30.3. The fourth-order valence-corrected chi connectivity index (χ4v) is 22.5. The van der Waals surface area contributed by atoms with Gasteiger partial charge in [0.15, 0.2) is 0 Å². The summed E-state index contributed by atoms with van der Waals surface area (Å²) in [6.45, 7) is 63.0. The van der Waals surface area contributed by atoms with Gasteiger partial charge in [-0.1, -0.05) is 83.1 Å². The van der Waals surface area contributed by atoms with Crippen molar-refractivity contribution in [2.45, 2.75) is 138 Å². The number of guanidine groups is 2. The van der Waals surface area contributed by atoms with Crippen molar-refractivity contribution in [3.8, 4) is 0 Å². The van der Waals surface area contributed by atoms with Crippen LogP contribution >= 0.6 is 22.9 Å². The van der Waals surface area contributed by atoms with Crippen molar-refractivity contribution in [1.82, 2.24) is 47.6 Å². The molecule has 0 saturated carbocycles. The topological polar surface area (TPSA) is 81.8 Å². The maximum atomic E-state index is 6.69. The maximum absolute atomic E-state index is 6.69. The van der Waals surface area contributed by atoms with Crippen LogP contribution in [0.15, 0.2) is 18.6 Å². The molecule has 0 saturated heterocycles.